The number of H-pyrrole nitrogens is 1. The molecule has 0 unspecified atom stereocenters. The number of aromatic amines is 1. The Morgan fingerprint density at radius 2 is 1.89 bits per heavy atom. The van der Waals surface area contributed by atoms with Crippen LogP contribution in [0.5, 0.6) is 0 Å². The van der Waals surface area contributed by atoms with Gasteiger partial charge in [-0.2, -0.15) is 5.10 Å². The Hall–Kier alpha value is -1.74. The van der Waals surface area contributed by atoms with Gasteiger partial charge in [-0.15, -0.1) is 11.8 Å². The second-order valence-corrected chi connectivity index (χ2v) is 5.80. The summed E-state index contributed by atoms with van der Waals surface area (Å²) in [6.45, 7) is 4.21. The molecular weight excluding hydrogens is 252 g/mol. The van der Waals surface area contributed by atoms with E-state index in [1.165, 1.54) is 21.4 Å². The Kier molecular flexibility index (Phi) is 3.30. The highest BCUT2D eigenvalue weighted by Gasteiger charge is 2.08. The molecule has 0 amide bonds. The molecule has 0 radical (unpaired) electrons. The topological polar surface area (TPSA) is 28.7 Å². The molecule has 1 heterocycles. The van der Waals surface area contributed by atoms with Crippen molar-refractivity contribution < 1.29 is 0 Å². The minimum atomic E-state index is 0.977. The number of aromatic nitrogens is 2. The van der Waals surface area contributed by atoms with Gasteiger partial charge in [0.05, 0.1) is 0 Å². The van der Waals surface area contributed by atoms with Crippen LogP contribution in [0.3, 0.4) is 0 Å². The molecule has 3 rings (SSSR count). The van der Waals surface area contributed by atoms with Crippen molar-refractivity contribution in [3.8, 4) is 0 Å². The third-order valence-corrected chi connectivity index (χ3v) is 4.30. The summed E-state index contributed by atoms with van der Waals surface area (Å²) in [4.78, 5) is 1.25. The van der Waals surface area contributed by atoms with Gasteiger partial charge in [0.15, 0.2) is 0 Å². The van der Waals surface area contributed by atoms with Crippen molar-refractivity contribution in [2.45, 2.75) is 24.5 Å². The van der Waals surface area contributed by atoms with E-state index < -0.39 is 0 Å². The van der Waals surface area contributed by atoms with E-state index in [2.05, 4.69) is 66.5 Å². The van der Waals surface area contributed by atoms with E-state index in [1.807, 2.05) is 11.8 Å². The van der Waals surface area contributed by atoms with Gasteiger partial charge in [-0.05, 0) is 37.1 Å². The van der Waals surface area contributed by atoms with E-state index in [4.69, 9.17) is 0 Å². The van der Waals surface area contributed by atoms with Crippen LogP contribution in [0.25, 0.3) is 10.9 Å². The van der Waals surface area contributed by atoms with E-state index in [1.54, 1.807) is 0 Å². The molecule has 1 aromatic heterocycles. The Morgan fingerprint density at radius 3 is 2.68 bits per heavy atom. The summed E-state index contributed by atoms with van der Waals surface area (Å²) >= 11 is 1.85. The lowest BCUT2D eigenvalue weighted by molar-refractivity contribution is 1.06. The summed E-state index contributed by atoms with van der Waals surface area (Å²) in [6, 6.07) is 15.0. The van der Waals surface area contributed by atoms with Gasteiger partial charge in [0.1, 0.15) is 5.52 Å². The average molecular weight is 268 g/mol. The number of fused-ring (bicyclic) bond motifs is 1. The molecule has 0 atom stereocenters. The van der Waals surface area contributed by atoms with Crippen LogP contribution in [0, 0.1) is 13.8 Å². The van der Waals surface area contributed by atoms with Gasteiger partial charge in [0, 0.05) is 21.7 Å². The summed E-state index contributed by atoms with van der Waals surface area (Å²) in [7, 11) is 0. The zero-order chi connectivity index (χ0) is 13.2. The molecule has 3 heteroatoms. The molecule has 0 saturated heterocycles. The number of nitrogens with zero attached hydrogens (tertiary/aromatic N) is 1. The smallest absolute Gasteiger partial charge is 0.106 e. The molecular formula is C16H16N2S. The summed E-state index contributed by atoms with van der Waals surface area (Å²) < 4.78 is 0. The van der Waals surface area contributed by atoms with Crippen LogP contribution in [0.2, 0.25) is 0 Å². The zero-order valence-corrected chi connectivity index (χ0v) is 11.9. The summed E-state index contributed by atoms with van der Waals surface area (Å²) in [6.07, 6.45) is 0. The van der Waals surface area contributed by atoms with Crippen LogP contribution in [0.15, 0.2) is 47.4 Å². The molecule has 0 aliphatic heterocycles. The maximum absolute atomic E-state index is 4.43. The Morgan fingerprint density at radius 1 is 1.11 bits per heavy atom. The first-order valence-electron chi connectivity index (χ1n) is 6.36. The number of rotatable bonds is 3. The Labute approximate surface area is 117 Å². The molecule has 0 bridgehead atoms. The van der Waals surface area contributed by atoms with Crippen molar-refractivity contribution in [3.63, 3.8) is 0 Å². The third kappa shape index (κ3) is 2.51. The SMILES string of the molecule is Cc1cc(SCc2ccccc2)c2n[nH]c(C)c2c1. The second kappa shape index (κ2) is 5.10. The van der Waals surface area contributed by atoms with Crippen LogP contribution in [-0.4, -0.2) is 10.2 Å². The highest BCUT2D eigenvalue weighted by atomic mass is 32.2. The predicted molar refractivity (Wildman–Crippen MR) is 81.6 cm³/mol. The first-order valence-corrected chi connectivity index (χ1v) is 7.34. The molecule has 3 aromatic rings. The Bertz CT molecular complexity index is 701. The lowest BCUT2D eigenvalue weighted by Gasteiger charge is -2.05. The van der Waals surface area contributed by atoms with Crippen molar-refractivity contribution in [1.29, 1.82) is 0 Å². The molecule has 0 aliphatic rings. The van der Waals surface area contributed by atoms with Gasteiger partial charge in [0.2, 0.25) is 0 Å². The first kappa shape index (κ1) is 12.3. The van der Waals surface area contributed by atoms with Crippen LogP contribution in [0.4, 0.5) is 0 Å². The third-order valence-electron chi connectivity index (χ3n) is 3.20. The van der Waals surface area contributed by atoms with E-state index in [9.17, 15) is 0 Å². The number of hydrogen-bond donors (Lipinski definition) is 1. The van der Waals surface area contributed by atoms with Gasteiger partial charge >= 0.3 is 0 Å². The predicted octanol–water partition coefficient (Wildman–Crippen LogP) is 4.47. The number of hydrogen-bond acceptors (Lipinski definition) is 2. The van der Waals surface area contributed by atoms with Crippen LogP contribution < -0.4 is 0 Å². The normalized spacial score (nSPS) is 11.1. The highest BCUT2D eigenvalue weighted by Crippen LogP contribution is 2.31. The number of benzene rings is 2. The fourth-order valence-corrected chi connectivity index (χ4v) is 3.27. The fourth-order valence-electron chi connectivity index (χ4n) is 2.19. The van der Waals surface area contributed by atoms with Crippen molar-refractivity contribution in [2.75, 3.05) is 0 Å². The molecule has 0 spiro atoms. The van der Waals surface area contributed by atoms with Gasteiger partial charge in [-0.3, -0.25) is 5.10 Å². The van der Waals surface area contributed by atoms with Gasteiger partial charge in [-0.1, -0.05) is 30.3 Å². The summed E-state index contributed by atoms with van der Waals surface area (Å²) in [5.41, 5.74) is 4.85. The lowest BCUT2D eigenvalue weighted by Crippen LogP contribution is -1.83. The Balaban J connectivity index is 1.92. The summed E-state index contributed by atoms with van der Waals surface area (Å²) in [5, 5.41) is 8.74. The standard InChI is InChI=1S/C16H16N2S/c1-11-8-14-12(2)17-18-16(14)15(9-11)19-10-13-6-4-3-5-7-13/h3-9H,10H2,1-2H3,(H,17,18). The maximum Gasteiger partial charge on any atom is 0.106 e. The molecule has 0 fully saturated rings. The molecule has 0 aliphatic carbocycles. The highest BCUT2D eigenvalue weighted by molar-refractivity contribution is 7.98. The lowest BCUT2D eigenvalue weighted by atomic mass is 10.1. The monoisotopic (exact) mass is 268 g/mol. The van der Waals surface area contributed by atoms with Gasteiger partial charge in [0.25, 0.3) is 0 Å². The minimum Gasteiger partial charge on any atom is -0.282 e. The molecule has 0 saturated carbocycles. The number of nitrogens with one attached hydrogen (secondary N) is 1. The zero-order valence-electron chi connectivity index (χ0n) is 11.1. The van der Waals surface area contributed by atoms with Crippen molar-refractivity contribution in [2.24, 2.45) is 0 Å². The van der Waals surface area contributed by atoms with Crippen molar-refractivity contribution in [1.82, 2.24) is 10.2 Å². The second-order valence-electron chi connectivity index (χ2n) is 4.78. The maximum atomic E-state index is 4.43. The molecule has 96 valence electrons. The minimum absolute atomic E-state index is 0.977. The molecule has 2 aromatic carbocycles. The quantitative estimate of drug-likeness (QED) is 0.710. The largest absolute Gasteiger partial charge is 0.282 e. The van der Waals surface area contributed by atoms with Gasteiger partial charge in [-0.25, -0.2) is 0 Å². The van der Waals surface area contributed by atoms with E-state index in [0.29, 0.717) is 0 Å². The van der Waals surface area contributed by atoms with Crippen molar-refractivity contribution in [3.05, 3.63) is 59.3 Å². The van der Waals surface area contributed by atoms with Crippen LogP contribution >= 0.6 is 11.8 Å². The van der Waals surface area contributed by atoms with E-state index in [-0.39, 0.29) is 0 Å². The van der Waals surface area contributed by atoms with Gasteiger partial charge < -0.3 is 0 Å². The number of aryl methyl sites for hydroxylation is 2. The van der Waals surface area contributed by atoms with Crippen molar-refractivity contribution >= 4 is 22.7 Å². The molecule has 2 nitrogen and oxygen atoms in total. The molecule has 1 N–H and O–H groups in total. The average Bonchev–Trinajstić information content (AvgIpc) is 2.79. The van der Waals surface area contributed by atoms with E-state index >= 15 is 0 Å². The van der Waals surface area contributed by atoms with Crippen LogP contribution in [0.1, 0.15) is 16.8 Å². The van der Waals surface area contributed by atoms with Crippen LogP contribution in [-0.2, 0) is 5.75 Å². The molecule has 19 heavy (non-hydrogen) atoms. The fraction of sp³-hybridized carbons (Fsp3) is 0.188. The number of thioether (sulfide) groups is 1. The first-order chi connectivity index (χ1) is 9.24. The van der Waals surface area contributed by atoms with E-state index in [0.717, 1.165) is 17.0 Å². The summed E-state index contributed by atoms with van der Waals surface area (Å²) in [5.74, 6) is 0.977.